The van der Waals surface area contributed by atoms with E-state index in [0.717, 1.165) is 46.9 Å². The van der Waals surface area contributed by atoms with Crippen molar-refractivity contribution in [3.05, 3.63) is 41.5 Å². The molecule has 11 heteroatoms. The molecule has 0 atom stereocenters. The predicted octanol–water partition coefficient (Wildman–Crippen LogP) is 5.80. The van der Waals surface area contributed by atoms with Crippen molar-refractivity contribution >= 4 is 26.2 Å². The summed E-state index contributed by atoms with van der Waals surface area (Å²) < 4.78 is 114. The maximum absolute atomic E-state index is 13.4. The first-order valence-electron chi connectivity index (χ1n) is 5.76. The van der Waals surface area contributed by atoms with E-state index in [4.69, 9.17) is 5.26 Å². The van der Waals surface area contributed by atoms with Crippen LogP contribution in [-0.4, -0.2) is 23.9 Å². The van der Waals surface area contributed by atoms with E-state index in [1.165, 1.54) is 0 Å². The third-order valence-electron chi connectivity index (χ3n) is 2.77. The summed E-state index contributed by atoms with van der Waals surface area (Å²) in [6.45, 7) is 0. The number of alkyl halides is 9. The zero-order chi connectivity index (χ0) is 19.0. The van der Waals surface area contributed by atoms with Crippen LogP contribution in [0.25, 0.3) is 3.58 Å². The van der Waals surface area contributed by atoms with Crippen LogP contribution in [0.4, 0.5) is 39.5 Å². The van der Waals surface area contributed by atoms with Gasteiger partial charge in [0.15, 0.2) is 0 Å². The van der Waals surface area contributed by atoms with E-state index >= 15 is 0 Å². The molecule has 0 bridgehead atoms. The van der Waals surface area contributed by atoms with E-state index in [1.807, 2.05) is 0 Å². The highest BCUT2D eigenvalue weighted by Crippen LogP contribution is 2.54. The van der Waals surface area contributed by atoms with Crippen LogP contribution in [0.3, 0.4) is 0 Å². The van der Waals surface area contributed by atoms with Gasteiger partial charge in [-0.2, -0.15) is 44.8 Å². The molecule has 0 unspecified atom stereocenters. The molecule has 0 N–H and O–H groups in total. The summed E-state index contributed by atoms with van der Waals surface area (Å²) in [7, 11) is 0. The normalized spacial score (nSPS) is 14.5. The van der Waals surface area contributed by atoms with Crippen LogP contribution in [0, 0.1) is 11.3 Å². The van der Waals surface area contributed by atoms with Gasteiger partial charge in [0, 0.05) is 9.66 Å². The van der Waals surface area contributed by atoms with Gasteiger partial charge in [0.2, 0.25) is 0 Å². The van der Waals surface area contributed by atoms with Crippen LogP contribution in [0.5, 0.6) is 0 Å². The summed E-state index contributed by atoms with van der Waals surface area (Å²) in [6.07, 6.45) is -7.53. The van der Waals surface area contributed by atoms with Crippen molar-refractivity contribution < 1.29 is 39.5 Å². The second kappa shape index (κ2) is 6.45. The van der Waals surface area contributed by atoms with E-state index in [2.05, 4.69) is 0 Å². The third kappa shape index (κ3) is 3.62. The molecule has 1 rings (SSSR count). The Morgan fingerprint density at radius 3 is 1.71 bits per heavy atom. The van der Waals surface area contributed by atoms with E-state index < -0.39 is 33.6 Å². The Kier molecular flexibility index (Phi) is 5.54. The van der Waals surface area contributed by atoms with Crippen molar-refractivity contribution in [3.63, 3.8) is 0 Å². The molecule has 1 nitrogen and oxygen atoms in total. The molecule has 24 heavy (non-hydrogen) atoms. The van der Waals surface area contributed by atoms with Gasteiger partial charge >= 0.3 is 23.9 Å². The lowest BCUT2D eigenvalue weighted by molar-refractivity contribution is -0.388. The second-order valence-electron chi connectivity index (χ2n) is 4.45. The van der Waals surface area contributed by atoms with Crippen molar-refractivity contribution in [1.82, 2.24) is 0 Å². The van der Waals surface area contributed by atoms with Crippen LogP contribution in [0.15, 0.2) is 30.3 Å². The van der Waals surface area contributed by atoms with Gasteiger partial charge < -0.3 is 0 Å². The molecule has 0 amide bonds. The van der Waals surface area contributed by atoms with Gasteiger partial charge in [0.1, 0.15) is 0 Å². The fourth-order valence-electron chi connectivity index (χ4n) is 1.42. The fourth-order valence-corrected chi connectivity index (χ4v) is 2.18. The quantitative estimate of drug-likeness (QED) is 0.401. The zero-order valence-electron chi connectivity index (χ0n) is 11.1. The second-order valence-corrected chi connectivity index (χ2v) is 5.61. The first kappa shape index (κ1) is 20.6. The molecule has 0 aromatic heterocycles. The van der Waals surface area contributed by atoms with E-state index in [-0.39, 0.29) is 11.1 Å². The molecule has 0 spiro atoms. The van der Waals surface area contributed by atoms with Crippen LogP contribution in [0.1, 0.15) is 11.1 Å². The minimum atomic E-state index is -6.93. The summed E-state index contributed by atoms with van der Waals surface area (Å²) in [5.74, 6) is -19.4. The molecule has 0 saturated carbocycles. The zero-order valence-corrected chi connectivity index (χ0v) is 13.3. The molecule has 0 aliphatic rings. The highest BCUT2D eigenvalue weighted by Gasteiger charge is 2.81. The highest BCUT2D eigenvalue weighted by atomic mass is 127. The van der Waals surface area contributed by atoms with Crippen molar-refractivity contribution in [3.8, 4) is 6.07 Å². The predicted molar refractivity (Wildman–Crippen MR) is 74.0 cm³/mol. The number of allylic oxidation sites excluding steroid dienone is 1. The largest absolute Gasteiger partial charge is 0.460 e. The molecule has 1 aromatic rings. The summed E-state index contributed by atoms with van der Waals surface area (Å²) in [4.78, 5) is 0. The monoisotopic (exact) mass is 473 g/mol. The number of rotatable bonds is 4. The number of hydrogen-bond acceptors (Lipinski definition) is 1. The van der Waals surface area contributed by atoms with Crippen LogP contribution >= 0.6 is 22.6 Å². The van der Waals surface area contributed by atoms with Crippen LogP contribution < -0.4 is 0 Å². The first-order chi connectivity index (χ1) is 10.7. The van der Waals surface area contributed by atoms with Crippen LogP contribution in [0.2, 0.25) is 0 Å². The van der Waals surface area contributed by atoms with Gasteiger partial charge in [-0.05, 0) is 40.3 Å². The minimum Gasteiger partial charge on any atom is -0.195 e. The topological polar surface area (TPSA) is 23.8 Å². The SMILES string of the molecule is N#Cc1ccc(/C(I)=C\C(F)(F)C(F)(F)C(F)(F)C(F)(F)F)cc1. The summed E-state index contributed by atoms with van der Waals surface area (Å²) >= 11 is 1.08. The van der Waals surface area contributed by atoms with Gasteiger partial charge in [-0.25, -0.2) is 0 Å². The number of nitrogens with zero attached hydrogens (tertiary/aromatic N) is 1. The Bertz CT molecular complexity index is 668. The number of nitriles is 1. The van der Waals surface area contributed by atoms with Gasteiger partial charge in [0.25, 0.3) is 0 Å². The van der Waals surface area contributed by atoms with E-state index in [0.29, 0.717) is 0 Å². The van der Waals surface area contributed by atoms with Crippen molar-refractivity contribution in [1.29, 1.82) is 5.26 Å². The number of hydrogen-bond donors (Lipinski definition) is 0. The maximum atomic E-state index is 13.4. The average molecular weight is 473 g/mol. The Morgan fingerprint density at radius 2 is 1.33 bits per heavy atom. The molecular weight excluding hydrogens is 468 g/mol. The van der Waals surface area contributed by atoms with Crippen molar-refractivity contribution in [2.24, 2.45) is 0 Å². The van der Waals surface area contributed by atoms with Crippen molar-refractivity contribution in [2.45, 2.75) is 23.9 Å². The average Bonchev–Trinajstić information content (AvgIpc) is 2.45. The standard InChI is InChI=1S/C13H5F9IN/c14-10(15,11(16,17)12(18,19)13(20,21)22)5-9(23)8-3-1-7(6-24)2-4-8/h1-5H/b9-5+. The summed E-state index contributed by atoms with van der Waals surface area (Å²) in [6, 6.07) is 6.04. The number of halogens is 10. The van der Waals surface area contributed by atoms with E-state index in [9.17, 15) is 39.5 Å². The Labute approximate surface area is 142 Å². The third-order valence-corrected chi connectivity index (χ3v) is 3.70. The smallest absolute Gasteiger partial charge is 0.195 e. The highest BCUT2D eigenvalue weighted by molar-refractivity contribution is 14.1. The Hall–Kier alpha value is -1.45. The first-order valence-corrected chi connectivity index (χ1v) is 6.84. The number of benzene rings is 1. The molecule has 132 valence electrons. The van der Waals surface area contributed by atoms with Crippen molar-refractivity contribution in [2.75, 3.05) is 0 Å². The summed E-state index contributed by atoms with van der Waals surface area (Å²) in [5.41, 5.74) is -0.0657. The Morgan fingerprint density at radius 1 is 0.875 bits per heavy atom. The lowest BCUT2D eigenvalue weighted by Gasteiger charge is -2.32. The molecule has 0 aliphatic carbocycles. The molecule has 0 saturated heterocycles. The minimum absolute atomic E-state index is 0.101. The van der Waals surface area contributed by atoms with Gasteiger partial charge in [-0.3, -0.25) is 0 Å². The maximum Gasteiger partial charge on any atom is 0.460 e. The van der Waals surface area contributed by atoms with Gasteiger partial charge in [-0.1, -0.05) is 12.1 Å². The fraction of sp³-hybridized carbons (Fsp3) is 0.308. The van der Waals surface area contributed by atoms with Gasteiger partial charge in [-0.15, -0.1) is 0 Å². The lowest BCUT2D eigenvalue weighted by Crippen LogP contribution is -2.60. The van der Waals surface area contributed by atoms with Crippen LogP contribution in [-0.2, 0) is 0 Å². The van der Waals surface area contributed by atoms with Gasteiger partial charge in [0.05, 0.1) is 11.6 Å². The molecule has 1 aromatic carbocycles. The molecule has 0 heterocycles. The Balaban J connectivity index is 3.29. The molecule has 0 radical (unpaired) electrons. The molecule has 0 aliphatic heterocycles. The lowest BCUT2D eigenvalue weighted by atomic mass is 10.0. The summed E-state index contributed by atoms with van der Waals surface area (Å²) in [5, 5.41) is 8.55. The van der Waals surface area contributed by atoms with E-state index in [1.54, 1.807) is 6.07 Å². The molecular formula is C13H5F9IN. The molecule has 0 fully saturated rings.